The third kappa shape index (κ3) is 6.12. The van der Waals surface area contributed by atoms with Gasteiger partial charge in [-0.3, -0.25) is 4.79 Å². The summed E-state index contributed by atoms with van der Waals surface area (Å²) in [6.07, 6.45) is 2.44. The molecule has 1 heterocycles. The van der Waals surface area contributed by atoms with E-state index < -0.39 is 0 Å². The Morgan fingerprint density at radius 1 is 1.10 bits per heavy atom. The van der Waals surface area contributed by atoms with Crippen LogP contribution in [-0.4, -0.2) is 44.6 Å². The molecule has 2 aliphatic rings. The highest BCUT2D eigenvalue weighted by atomic mass is 127. The van der Waals surface area contributed by atoms with E-state index >= 15 is 0 Å². The summed E-state index contributed by atoms with van der Waals surface area (Å²) >= 11 is 0. The van der Waals surface area contributed by atoms with Crippen LogP contribution in [0.3, 0.4) is 0 Å². The van der Waals surface area contributed by atoms with Crippen LogP contribution in [0.25, 0.3) is 0 Å². The van der Waals surface area contributed by atoms with Crippen molar-refractivity contribution >= 4 is 41.5 Å². The van der Waals surface area contributed by atoms with Crippen molar-refractivity contribution in [2.45, 2.75) is 31.7 Å². The van der Waals surface area contributed by atoms with Crippen molar-refractivity contribution < 1.29 is 4.79 Å². The summed E-state index contributed by atoms with van der Waals surface area (Å²) in [6.45, 7) is 6.42. The molecule has 1 amide bonds. The maximum Gasteiger partial charge on any atom is 0.239 e. The third-order valence-electron chi connectivity index (χ3n) is 5.94. The van der Waals surface area contributed by atoms with E-state index in [1.807, 2.05) is 0 Å². The fourth-order valence-electron chi connectivity index (χ4n) is 3.95. The van der Waals surface area contributed by atoms with E-state index in [4.69, 9.17) is 4.99 Å². The van der Waals surface area contributed by atoms with Gasteiger partial charge in [0, 0.05) is 37.3 Å². The van der Waals surface area contributed by atoms with Gasteiger partial charge in [-0.2, -0.15) is 0 Å². The molecule has 1 saturated heterocycles. The number of rotatable bonds is 7. The minimum Gasteiger partial charge on any atom is -0.360 e. The number of piperazine rings is 1. The molecule has 0 atom stereocenters. The van der Waals surface area contributed by atoms with Crippen molar-refractivity contribution in [2.24, 2.45) is 4.99 Å². The molecular weight excluding hydrogens is 501 g/mol. The van der Waals surface area contributed by atoms with Crippen molar-refractivity contribution in [1.29, 1.82) is 0 Å². The number of carbonyl (C=O) groups excluding carboxylic acids is 1. The molecule has 0 aromatic heterocycles. The van der Waals surface area contributed by atoms with E-state index in [1.165, 1.54) is 18.4 Å². The molecule has 0 spiro atoms. The maximum atomic E-state index is 11.6. The van der Waals surface area contributed by atoms with Gasteiger partial charge >= 0.3 is 0 Å². The molecule has 4 rings (SSSR count). The van der Waals surface area contributed by atoms with Crippen molar-refractivity contribution in [2.75, 3.05) is 37.6 Å². The van der Waals surface area contributed by atoms with Gasteiger partial charge < -0.3 is 20.9 Å². The number of nitrogens with one attached hydrogen (secondary N) is 3. The van der Waals surface area contributed by atoms with E-state index in [0.717, 1.165) is 36.8 Å². The molecule has 1 saturated carbocycles. The summed E-state index contributed by atoms with van der Waals surface area (Å²) in [5, 5.41) is 9.77. The Labute approximate surface area is 201 Å². The molecule has 1 aliphatic heterocycles. The second-order valence-corrected chi connectivity index (χ2v) is 8.13. The van der Waals surface area contributed by atoms with Crippen LogP contribution in [0.2, 0.25) is 0 Å². The highest BCUT2D eigenvalue weighted by molar-refractivity contribution is 14.0. The Balaban J connectivity index is 0.00000272. The van der Waals surface area contributed by atoms with Crippen LogP contribution in [0.1, 0.15) is 30.9 Å². The Morgan fingerprint density at radius 3 is 2.48 bits per heavy atom. The van der Waals surface area contributed by atoms with Crippen LogP contribution >= 0.6 is 24.0 Å². The van der Waals surface area contributed by atoms with Crippen molar-refractivity contribution in [1.82, 2.24) is 16.0 Å². The lowest BCUT2D eigenvalue weighted by Gasteiger charge is -2.28. The summed E-state index contributed by atoms with van der Waals surface area (Å²) in [5.74, 6) is 0.941. The molecular formula is C24H32IN5O. The normalized spacial score (nSPS) is 17.4. The van der Waals surface area contributed by atoms with Gasteiger partial charge in [0.15, 0.2) is 5.96 Å². The number of carbonyl (C=O) groups is 1. The van der Waals surface area contributed by atoms with Gasteiger partial charge in [-0.1, -0.05) is 42.5 Å². The molecule has 0 bridgehead atoms. The lowest BCUT2D eigenvalue weighted by atomic mass is 9.96. The first-order valence-electron chi connectivity index (χ1n) is 10.9. The van der Waals surface area contributed by atoms with E-state index in [-0.39, 0.29) is 35.3 Å². The smallest absolute Gasteiger partial charge is 0.239 e. The first-order chi connectivity index (χ1) is 14.7. The number of benzene rings is 2. The van der Waals surface area contributed by atoms with Gasteiger partial charge in [-0.05, 0) is 43.0 Å². The molecule has 1 aliphatic carbocycles. The molecule has 31 heavy (non-hydrogen) atoms. The van der Waals surface area contributed by atoms with E-state index in [1.54, 1.807) is 0 Å². The van der Waals surface area contributed by atoms with E-state index in [9.17, 15) is 4.79 Å². The number of halogens is 1. The lowest BCUT2D eigenvalue weighted by Crippen LogP contribution is -2.47. The standard InChI is InChI=1S/C24H31N5O.HI/c1-2-25-23(28-18-24(12-13-24)20-6-4-3-5-7-20)27-16-19-8-10-21(11-9-19)29-15-14-26-22(30)17-29;/h3-11H,2,12-18H2,1H3,(H,26,30)(H2,25,27,28);1H. The largest absolute Gasteiger partial charge is 0.360 e. The highest BCUT2D eigenvalue weighted by Gasteiger charge is 2.43. The summed E-state index contributed by atoms with van der Waals surface area (Å²) in [6, 6.07) is 19.1. The van der Waals surface area contributed by atoms with Gasteiger partial charge in [0.2, 0.25) is 5.91 Å². The van der Waals surface area contributed by atoms with Crippen LogP contribution in [0.15, 0.2) is 59.6 Å². The van der Waals surface area contributed by atoms with Gasteiger partial charge in [0.1, 0.15) is 0 Å². The molecule has 0 radical (unpaired) electrons. The van der Waals surface area contributed by atoms with Crippen LogP contribution in [0.5, 0.6) is 0 Å². The van der Waals surface area contributed by atoms with Gasteiger partial charge in [-0.15, -0.1) is 24.0 Å². The third-order valence-corrected chi connectivity index (χ3v) is 5.94. The number of aliphatic imine (C=N–C) groups is 1. The Bertz CT molecular complexity index is 881. The minimum absolute atomic E-state index is 0. The fraction of sp³-hybridized carbons (Fsp3) is 0.417. The summed E-state index contributed by atoms with van der Waals surface area (Å²) in [7, 11) is 0. The minimum atomic E-state index is 0. The van der Waals surface area contributed by atoms with Gasteiger partial charge in [-0.25, -0.2) is 4.99 Å². The zero-order chi connectivity index (χ0) is 20.8. The van der Waals surface area contributed by atoms with E-state index in [2.05, 4.69) is 82.4 Å². The number of anilines is 1. The Hall–Kier alpha value is -2.29. The van der Waals surface area contributed by atoms with Crippen molar-refractivity contribution in [3.63, 3.8) is 0 Å². The van der Waals surface area contributed by atoms with Crippen molar-refractivity contribution in [3.05, 3.63) is 65.7 Å². The number of hydrogen-bond donors (Lipinski definition) is 3. The molecule has 2 aromatic rings. The van der Waals surface area contributed by atoms with Gasteiger partial charge in [0.25, 0.3) is 0 Å². The van der Waals surface area contributed by atoms with Crippen LogP contribution in [0.4, 0.5) is 5.69 Å². The maximum absolute atomic E-state index is 11.6. The molecule has 2 fully saturated rings. The summed E-state index contributed by atoms with van der Waals surface area (Å²) in [4.78, 5) is 18.5. The zero-order valence-electron chi connectivity index (χ0n) is 18.1. The predicted octanol–water partition coefficient (Wildman–Crippen LogP) is 3.03. The van der Waals surface area contributed by atoms with Crippen LogP contribution in [-0.2, 0) is 16.8 Å². The average molecular weight is 533 g/mol. The predicted molar refractivity (Wildman–Crippen MR) is 137 cm³/mol. The number of amides is 1. The molecule has 0 unspecified atom stereocenters. The highest BCUT2D eigenvalue weighted by Crippen LogP contribution is 2.47. The van der Waals surface area contributed by atoms with E-state index in [0.29, 0.717) is 19.6 Å². The monoisotopic (exact) mass is 533 g/mol. The van der Waals surface area contributed by atoms with Crippen LogP contribution < -0.4 is 20.9 Å². The average Bonchev–Trinajstić information content (AvgIpc) is 3.58. The second kappa shape index (κ2) is 10.8. The van der Waals surface area contributed by atoms with Crippen molar-refractivity contribution in [3.8, 4) is 0 Å². The fourth-order valence-corrected chi connectivity index (χ4v) is 3.95. The lowest BCUT2D eigenvalue weighted by molar-refractivity contribution is -0.120. The topological polar surface area (TPSA) is 68.8 Å². The molecule has 166 valence electrons. The quantitative estimate of drug-likeness (QED) is 0.291. The number of guanidine groups is 1. The summed E-state index contributed by atoms with van der Waals surface area (Å²) in [5.41, 5.74) is 3.90. The summed E-state index contributed by atoms with van der Waals surface area (Å²) < 4.78 is 0. The molecule has 7 heteroatoms. The van der Waals surface area contributed by atoms with Gasteiger partial charge in [0.05, 0.1) is 13.1 Å². The zero-order valence-corrected chi connectivity index (χ0v) is 20.4. The Morgan fingerprint density at radius 2 is 1.84 bits per heavy atom. The first kappa shape index (κ1) is 23.4. The number of hydrogen-bond acceptors (Lipinski definition) is 3. The number of nitrogens with zero attached hydrogens (tertiary/aromatic N) is 2. The SMILES string of the molecule is CCNC(=NCc1ccc(N2CCNC(=O)C2)cc1)NCC1(c2ccccc2)CC1.I. The van der Waals surface area contributed by atoms with Crippen LogP contribution in [0, 0.1) is 0 Å². The molecule has 2 aromatic carbocycles. The molecule has 3 N–H and O–H groups in total. The Kier molecular flexibility index (Phi) is 8.17. The molecule has 6 nitrogen and oxygen atoms in total. The first-order valence-corrected chi connectivity index (χ1v) is 10.9. The second-order valence-electron chi connectivity index (χ2n) is 8.13.